The summed E-state index contributed by atoms with van der Waals surface area (Å²) >= 11 is 0. The van der Waals surface area contributed by atoms with Crippen molar-refractivity contribution >= 4 is 18.1 Å². The average Bonchev–Trinajstić information content (AvgIpc) is 2.44. The number of carbonyl (C=O) groups is 3. The Labute approximate surface area is 111 Å². The number of aldehydes is 1. The van der Waals surface area contributed by atoms with Crippen LogP contribution < -0.4 is 16.4 Å². The number of benzene rings is 1. The molecule has 6 heteroatoms. The Hall–Kier alpha value is -2.21. The first-order valence-corrected chi connectivity index (χ1v) is 5.92. The molecule has 0 aliphatic heterocycles. The first kappa shape index (κ1) is 14.8. The molecule has 0 aliphatic rings. The van der Waals surface area contributed by atoms with Gasteiger partial charge in [-0.15, -0.1) is 0 Å². The lowest BCUT2D eigenvalue weighted by atomic mass is 10.1. The summed E-state index contributed by atoms with van der Waals surface area (Å²) in [6.07, 6.45) is 0.930. The molecule has 0 bridgehead atoms. The summed E-state index contributed by atoms with van der Waals surface area (Å²) in [5, 5.41) is 4.95. The molecule has 0 fully saturated rings. The monoisotopic (exact) mass is 263 g/mol. The van der Waals surface area contributed by atoms with E-state index < -0.39 is 17.9 Å². The highest BCUT2D eigenvalue weighted by Gasteiger charge is 2.20. The third kappa shape index (κ3) is 5.31. The molecule has 4 N–H and O–H groups in total. The lowest BCUT2D eigenvalue weighted by molar-refractivity contribution is -0.128. The molecule has 6 nitrogen and oxygen atoms in total. The van der Waals surface area contributed by atoms with Crippen molar-refractivity contribution in [1.82, 2.24) is 10.6 Å². The molecule has 0 aromatic heterocycles. The first-order chi connectivity index (χ1) is 9.17. The van der Waals surface area contributed by atoms with Gasteiger partial charge in [0.1, 0.15) is 12.3 Å². The number of hydrogen-bond acceptors (Lipinski definition) is 4. The van der Waals surface area contributed by atoms with Gasteiger partial charge in [-0.3, -0.25) is 9.59 Å². The summed E-state index contributed by atoms with van der Waals surface area (Å²) in [5.41, 5.74) is 6.12. The molecule has 0 saturated heterocycles. The minimum atomic E-state index is -0.738. The van der Waals surface area contributed by atoms with E-state index in [1.165, 1.54) is 0 Å². The highest BCUT2D eigenvalue weighted by Crippen LogP contribution is 2.03. The van der Waals surface area contributed by atoms with Gasteiger partial charge in [0.25, 0.3) is 0 Å². The van der Waals surface area contributed by atoms with Crippen LogP contribution in [0.1, 0.15) is 5.56 Å². The van der Waals surface area contributed by atoms with Crippen molar-refractivity contribution in [1.29, 1.82) is 0 Å². The van der Waals surface area contributed by atoms with Crippen LogP contribution in [0.25, 0.3) is 0 Å². The van der Waals surface area contributed by atoms with Gasteiger partial charge in [0.15, 0.2) is 0 Å². The average molecular weight is 263 g/mol. The Morgan fingerprint density at radius 3 is 2.53 bits per heavy atom. The Morgan fingerprint density at radius 2 is 1.95 bits per heavy atom. The molecule has 1 aromatic rings. The number of carbonyl (C=O) groups excluding carboxylic acids is 3. The van der Waals surface area contributed by atoms with Crippen molar-refractivity contribution in [2.75, 3.05) is 13.1 Å². The second kappa shape index (κ2) is 7.99. The van der Waals surface area contributed by atoms with Crippen LogP contribution in [0.4, 0.5) is 0 Å². The zero-order valence-corrected chi connectivity index (χ0v) is 10.5. The molecule has 0 heterocycles. The van der Waals surface area contributed by atoms with Gasteiger partial charge in [0.05, 0.1) is 13.1 Å². The molecular weight excluding hydrogens is 246 g/mol. The molecule has 1 aromatic carbocycles. The van der Waals surface area contributed by atoms with Gasteiger partial charge in [0.2, 0.25) is 11.8 Å². The molecule has 1 atom stereocenters. The van der Waals surface area contributed by atoms with Crippen LogP contribution in [0.3, 0.4) is 0 Å². The summed E-state index contributed by atoms with van der Waals surface area (Å²) in [4.78, 5) is 33.4. The Bertz CT molecular complexity index is 434. The van der Waals surface area contributed by atoms with Gasteiger partial charge in [0, 0.05) is 6.42 Å². The quantitative estimate of drug-likeness (QED) is 0.548. The highest BCUT2D eigenvalue weighted by atomic mass is 16.2. The van der Waals surface area contributed by atoms with Crippen LogP contribution in [-0.4, -0.2) is 37.2 Å². The fourth-order valence-electron chi connectivity index (χ4n) is 1.58. The van der Waals surface area contributed by atoms with Gasteiger partial charge >= 0.3 is 0 Å². The van der Waals surface area contributed by atoms with E-state index in [9.17, 15) is 14.4 Å². The van der Waals surface area contributed by atoms with Gasteiger partial charge in [-0.25, -0.2) is 0 Å². The number of hydrogen-bond donors (Lipinski definition) is 3. The lowest BCUT2D eigenvalue weighted by Gasteiger charge is -2.17. The largest absolute Gasteiger partial charge is 0.348 e. The molecule has 19 heavy (non-hydrogen) atoms. The van der Waals surface area contributed by atoms with Crippen LogP contribution in [0.5, 0.6) is 0 Å². The molecule has 0 spiro atoms. The van der Waals surface area contributed by atoms with E-state index in [1.54, 1.807) is 0 Å². The fraction of sp³-hybridized carbons (Fsp3) is 0.308. The SMILES string of the molecule is NCC(=O)NC(Cc1ccccc1)C(=O)NCC=O. The molecule has 1 unspecified atom stereocenters. The third-order valence-electron chi connectivity index (χ3n) is 2.48. The predicted molar refractivity (Wildman–Crippen MR) is 70.2 cm³/mol. The standard InChI is InChI=1S/C13H17N3O3/c14-9-12(18)16-11(13(19)15-6-7-17)8-10-4-2-1-3-5-10/h1-5,7,11H,6,8-9,14H2,(H,15,19)(H,16,18). The van der Waals surface area contributed by atoms with E-state index in [2.05, 4.69) is 10.6 Å². The Balaban J connectivity index is 2.71. The maximum atomic E-state index is 11.8. The number of nitrogens with two attached hydrogens (primary N) is 1. The summed E-state index contributed by atoms with van der Waals surface area (Å²) in [5.74, 6) is -0.820. The molecule has 0 saturated carbocycles. The molecular formula is C13H17N3O3. The van der Waals surface area contributed by atoms with Crippen LogP contribution in [0.15, 0.2) is 30.3 Å². The zero-order valence-electron chi connectivity index (χ0n) is 10.5. The van der Waals surface area contributed by atoms with Crippen LogP contribution in [-0.2, 0) is 20.8 Å². The second-order valence-electron chi connectivity index (χ2n) is 3.93. The Morgan fingerprint density at radius 1 is 1.26 bits per heavy atom. The molecule has 102 valence electrons. The van der Waals surface area contributed by atoms with Crippen LogP contribution in [0.2, 0.25) is 0 Å². The topological polar surface area (TPSA) is 101 Å². The minimum Gasteiger partial charge on any atom is -0.348 e. The van der Waals surface area contributed by atoms with Crippen molar-refractivity contribution < 1.29 is 14.4 Å². The Kier molecular flexibility index (Phi) is 6.25. The van der Waals surface area contributed by atoms with Gasteiger partial charge in [-0.1, -0.05) is 30.3 Å². The smallest absolute Gasteiger partial charge is 0.243 e. The van der Waals surface area contributed by atoms with Gasteiger partial charge in [-0.2, -0.15) is 0 Å². The van der Waals surface area contributed by atoms with Crippen molar-refractivity contribution in [3.05, 3.63) is 35.9 Å². The van der Waals surface area contributed by atoms with Crippen molar-refractivity contribution in [2.24, 2.45) is 5.73 Å². The van der Waals surface area contributed by atoms with E-state index in [1.807, 2.05) is 30.3 Å². The van der Waals surface area contributed by atoms with E-state index in [-0.39, 0.29) is 13.1 Å². The summed E-state index contributed by atoms with van der Waals surface area (Å²) in [6.45, 7) is -0.269. The predicted octanol–water partition coefficient (Wildman–Crippen LogP) is -1.01. The van der Waals surface area contributed by atoms with Gasteiger partial charge in [-0.05, 0) is 5.56 Å². The zero-order chi connectivity index (χ0) is 14.1. The number of amides is 2. The normalized spacial score (nSPS) is 11.4. The third-order valence-corrected chi connectivity index (χ3v) is 2.48. The van der Waals surface area contributed by atoms with Crippen LogP contribution >= 0.6 is 0 Å². The van der Waals surface area contributed by atoms with Crippen molar-refractivity contribution in [3.63, 3.8) is 0 Å². The van der Waals surface area contributed by atoms with Gasteiger partial charge < -0.3 is 21.2 Å². The second-order valence-corrected chi connectivity index (χ2v) is 3.93. The van der Waals surface area contributed by atoms with Crippen molar-refractivity contribution in [3.8, 4) is 0 Å². The van der Waals surface area contributed by atoms with E-state index in [4.69, 9.17) is 5.73 Å². The molecule has 0 aliphatic carbocycles. The maximum Gasteiger partial charge on any atom is 0.243 e. The van der Waals surface area contributed by atoms with Crippen LogP contribution in [0, 0.1) is 0 Å². The summed E-state index contributed by atoms with van der Waals surface area (Å²) in [7, 11) is 0. The maximum absolute atomic E-state index is 11.8. The van der Waals surface area contributed by atoms with E-state index in [0.29, 0.717) is 12.7 Å². The lowest BCUT2D eigenvalue weighted by Crippen LogP contribution is -2.49. The highest BCUT2D eigenvalue weighted by molar-refractivity contribution is 5.89. The molecule has 2 amide bonds. The number of nitrogens with one attached hydrogen (secondary N) is 2. The van der Waals surface area contributed by atoms with Crippen molar-refractivity contribution in [2.45, 2.75) is 12.5 Å². The minimum absolute atomic E-state index is 0.0807. The number of rotatable bonds is 7. The van der Waals surface area contributed by atoms with E-state index >= 15 is 0 Å². The van der Waals surface area contributed by atoms with E-state index in [0.717, 1.165) is 5.56 Å². The summed E-state index contributed by atoms with van der Waals surface area (Å²) in [6, 6.07) is 8.53. The molecule has 1 rings (SSSR count). The first-order valence-electron chi connectivity index (χ1n) is 5.92. The fourth-order valence-corrected chi connectivity index (χ4v) is 1.58. The summed E-state index contributed by atoms with van der Waals surface area (Å²) < 4.78 is 0. The molecule has 0 radical (unpaired) electrons.